The number of carboxylic acids is 1. The van der Waals surface area contributed by atoms with Gasteiger partial charge in [-0.05, 0) is 5.41 Å². The van der Waals surface area contributed by atoms with Gasteiger partial charge in [-0.3, -0.25) is 0 Å². The average Bonchev–Trinajstić information content (AvgIpc) is 2.67. The van der Waals surface area contributed by atoms with E-state index in [1.165, 1.54) is 6.33 Å². The fourth-order valence-electron chi connectivity index (χ4n) is 1.46. The van der Waals surface area contributed by atoms with Crippen LogP contribution in [0.1, 0.15) is 26.6 Å². The molecule has 3 N–H and O–H groups in total. The maximum absolute atomic E-state index is 11.7. The highest BCUT2D eigenvalue weighted by atomic mass is 16.4. The van der Waals surface area contributed by atoms with E-state index >= 15 is 0 Å². The summed E-state index contributed by atoms with van der Waals surface area (Å²) in [6.45, 7) is 5.41. The quantitative estimate of drug-likeness (QED) is 0.719. The van der Waals surface area contributed by atoms with E-state index in [-0.39, 0.29) is 6.54 Å². The minimum atomic E-state index is -1.07. The Bertz CT molecular complexity index is 463. The summed E-state index contributed by atoms with van der Waals surface area (Å²) in [4.78, 5) is 22.8. The molecule has 0 fully saturated rings. The minimum Gasteiger partial charge on any atom is -0.480 e. The van der Waals surface area contributed by atoms with Gasteiger partial charge in [0.1, 0.15) is 12.4 Å². The lowest BCUT2D eigenvalue weighted by Crippen LogP contribution is -2.52. The number of hydrogen-bond acceptors (Lipinski definition) is 4. The number of nitrogens with zero attached hydrogens (tertiary/aromatic N) is 3. The van der Waals surface area contributed by atoms with Crippen molar-refractivity contribution in [3.63, 3.8) is 0 Å². The number of amides is 2. The molecule has 1 rings (SSSR count). The van der Waals surface area contributed by atoms with Gasteiger partial charge in [0.2, 0.25) is 0 Å². The first kappa shape index (κ1) is 14.9. The van der Waals surface area contributed by atoms with Crippen LogP contribution in [0.25, 0.3) is 0 Å². The number of nitrogens with one attached hydrogen (secondary N) is 2. The van der Waals surface area contributed by atoms with Crippen molar-refractivity contribution >= 4 is 12.0 Å². The Morgan fingerprint density at radius 3 is 2.53 bits per heavy atom. The second-order valence-corrected chi connectivity index (χ2v) is 5.32. The number of hydrogen-bond donors (Lipinski definition) is 3. The van der Waals surface area contributed by atoms with Crippen LogP contribution in [0.3, 0.4) is 0 Å². The van der Waals surface area contributed by atoms with Crippen molar-refractivity contribution in [3.8, 4) is 0 Å². The molecule has 106 valence electrons. The topological polar surface area (TPSA) is 109 Å². The van der Waals surface area contributed by atoms with Crippen molar-refractivity contribution in [2.45, 2.75) is 33.4 Å². The third kappa shape index (κ3) is 4.23. The minimum absolute atomic E-state index is 0.179. The number of carboxylic acid groups (broad SMARTS) is 1. The van der Waals surface area contributed by atoms with Crippen LogP contribution in [-0.2, 0) is 18.4 Å². The van der Waals surface area contributed by atoms with Crippen molar-refractivity contribution in [1.82, 2.24) is 25.4 Å². The number of aryl methyl sites for hydroxylation is 1. The Hall–Kier alpha value is -2.12. The van der Waals surface area contributed by atoms with Crippen LogP contribution in [0.2, 0.25) is 0 Å². The highest BCUT2D eigenvalue weighted by molar-refractivity contribution is 5.83. The van der Waals surface area contributed by atoms with E-state index in [4.69, 9.17) is 5.11 Å². The number of rotatable bonds is 4. The largest absolute Gasteiger partial charge is 0.480 e. The van der Waals surface area contributed by atoms with E-state index < -0.39 is 23.5 Å². The fourth-order valence-corrected chi connectivity index (χ4v) is 1.46. The molecule has 0 radical (unpaired) electrons. The van der Waals surface area contributed by atoms with Crippen molar-refractivity contribution in [3.05, 3.63) is 12.2 Å². The summed E-state index contributed by atoms with van der Waals surface area (Å²) in [7, 11) is 1.75. The van der Waals surface area contributed by atoms with Gasteiger partial charge in [-0.15, -0.1) is 10.2 Å². The van der Waals surface area contributed by atoms with Gasteiger partial charge >= 0.3 is 12.0 Å². The lowest BCUT2D eigenvalue weighted by atomic mass is 9.87. The van der Waals surface area contributed by atoms with Crippen LogP contribution in [0.4, 0.5) is 4.79 Å². The maximum atomic E-state index is 11.7. The molecule has 19 heavy (non-hydrogen) atoms. The predicted molar refractivity (Wildman–Crippen MR) is 67.3 cm³/mol. The Morgan fingerprint density at radius 1 is 1.47 bits per heavy atom. The third-order valence-corrected chi connectivity index (χ3v) is 2.60. The summed E-state index contributed by atoms with van der Waals surface area (Å²) in [6, 6.07) is -1.52. The van der Waals surface area contributed by atoms with Crippen LogP contribution in [0, 0.1) is 5.41 Å². The predicted octanol–water partition coefficient (Wildman–Crippen LogP) is 0.114. The molecule has 0 aromatic carbocycles. The molecule has 2 amide bonds. The summed E-state index contributed by atoms with van der Waals surface area (Å²) in [5, 5.41) is 21.5. The zero-order valence-electron chi connectivity index (χ0n) is 11.5. The molecule has 0 unspecified atom stereocenters. The van der Waals surface area contributed by atoms with Gasteiger partial charge in [0, 0.05) is 7.05 Å². The molecule has 1 atom stereocenters. The number of carbonyl (C=O) groups excluding carboxylic acids is 1. The molecule has 0 aliphatic carbocycles. The van der Waals surface area contributed by atoms with Crippen molar-refractivity contribution in [1.29, 1.82) is 0 Å². The SMILES string of the molecule is Cn1cnnc1CNC(=O)N[C@@H](C(=O)O)C(C)(C)C. The van der Waals surface area contributed by atoms with Gasteiger partial charge in [0.05, 0.1) is 6.54 Å². The van der Waals surface area contributed by atoms with Gasteiger partial charge in [0.15, 0.2) is 5.82 Å². The molecule has 8 heteroatoms. The molecular formula is C11H19N5O3. The summed E-state index contributed by atoms with van der Waals surface area (Å²) >= 11 is 0. The number of aliphatic carboxylic acids is 1. The summed E-state index contributed by atoms with van der Waals surface area (Å²) in [5.41, 5.74) is -0.575. The van der Waals surface area contributed by atoms with E-state index in [1.54, 1.807) is 32.4 Å². The zero-order valence-corrected chi connectivity index (χ0v) is 11.5. The lowest BCUT2D eigenvalue weighted by molar-refractivity contribution is -0.141. The van der Waals surface area contributed by atoms with E-state index in [2.05, 4.69) is 20.8 Å². The Labute approximate surface area is 111 Å². The first-order chi connectivity index (χ1) is 8.71. The molecule has 1 aromatic rings. The van der Waals surface area contributed by atoms with Crippen LogP contribution >= 0.6 is 0 Å². The second-order valence-electron chi connectivity index (χ2n) is 5.32. The zero-order chi connectivity index (χ0) is 14.6. The highest BCUT2D eigenvalue weighted by Gasteiger charge is 2.32. The molecule has 8 nitrogen and oxygen atoms in total. The Morgan fingerprint density at radius 2 is 2.11 bits per heavy atom. The molecule has 0 bridgehead atoms. The summed E-state index contributed by atoms with van der Waals surface area (Å²) in [6.07, 6.45) is 1.52. The molecule has 1 heterocycles. The summed E-state index contributed by atoms with van der Waals surface area (Å²) in [5.74, 6) is -0.487. The molecule has 0 aliphatic rings. The highest BCUT2D eigenvalue weighted by Crippen LogP contribution is 2.19. The molecule has 0 spiro atoms. The molecule has 0 aliphatic heterocycles. The molecule has 0 saturated heterocycles. The standard InChI is InChI=1S/C11H19N5O3/c1-11(2,3)8(9(17)18)14-10(19)12-5-7-15-13-6-16(7)4/h6,8H,5H2,1-4H3,(H,17,18)(H2,12,14,19)/t8-/m0/s1. The molecule has 0 saturated carbocycles. The Balaban J connectivity index is 2.55. The van der Waals surface area contributed by atoms with Crippen molar-refractivity contribution < 1.29 is 14.7 Å². The van der Waals surface area contributed by atoms with Gasteiger partial charge in [-0.25, -0.2) is 9.59 Å². The molecular weight excluding hydrogens is 250 g/mol. The van der Waals surface area contributed by atoms with Gasteiger partial charge in [-0.2, -0.15) is 0 Å². The normalized spacial score (nSPS) is 12.8. The Kier molecular flexibility index (Phi) is 4.47. The van der Waals surface area contributed by atoms with E-state index in [9.17, 15) is 9.59 Å². The third-order valence-electron chi connectivity index (χ3n) is 2.60. The summed E-state index contributed by atoms with van der Waals surface area (Å²) < 4.78 is 1.67. The van der Waals surface area contributed by atoms with Crippen LogP contribution in [0.5, 0.6) is 0 Å². The van der Waals surface area contributed by atoms with Crippen LogP contribution in [0.15, 0.2) is 6.33 Å². The van der Waals surface area contributed by atoms with Crippen LogP contribution < -0.4 is 10.6 Å². The molecule has 1 aromatic heterocycles. The second kappa shape index (κ2) is 5.68. The lowest BCUT2D eigenvalue weighted by Gasteiger charge is -2.27. The average molecular weight is 269 g/mol. The number of aromatic nitrogens is 3. The number of carbonyl (C=O) groups is 2. The van der Waals surface area contributed by atoms with Crippen LogP contribution in [-0.4, -0.2) is 37.9 Å². The number of urea groups is 1. The first-order valence-electron chi connectivity index (χ1n) is 5.82. The van der Waals surface area contributed by atoms with Gasteiger partial charge in [-0.1, -0.05) is 20.8 Å². The monoisotopic (exact) mass is 269 g/mol. The maximum Gasteiger partial charge on any atom is 0.326 e. The van der Waals surface area contributed by atoms with Crippen molar-refractivity contribution in [2.75, 3.05) is 0 Å². The fraction of sp³-hybridized carbons (Fsp3) is 0.636. The smallest absolute Gasteiger partial charge is 0.326 e. The van der Waals surface area contributed by atoms with Crippen molar-refractivity contribution in [2.24, 2.45) is 12.5 Å². The van der Waals surface area contributed by atoms with E-state index in [0.29, 0.717) is 5.82 Å². The van der Waals surface area contributed by atoms with E-state index in [1.807, 2.05) is 0 Å². The van der Waals surface area contributed by atoms with Gasteiger partial charge < -0.3 is 20.3 Å². The first-order valence-corrected chi connectivity index (χ1v) is 5.82. The van der Waals surface area contributed by atoms with E-state index in [0.717, 1.165) is 0 Å². The van der Waals surface area contributed by atoms with Gasteiger partial charge in [0.25, 0.3) is 0 Å².